The zero-order valence-corrected chi connectivity index (χ0v) is 20.6. The van der Waals surface area contributed by atoms with Gasteiger partial charge < -0.3 is 15.7 Å². The first kappa shape index (κ1) is 29.2. The highest BCUT2D eigenvalue weighted by Gasteiger charge is 2.08. The summed E-state index contributed by atoms with van der Waals surface area (Å²) in [6.45, 7) is 10.3. The van der Waals surface area contributed by atoms with Crippen molar-refractivity contribution in [3.8, 4) is 5.75 Å². The maximum Gasteiger partial charge on any atom is 0.357 e. The van der Waals surface area contributed by atoms with Crippen LogP contribution in [0.1, 0.15) is 46.1 Å². The third-order valence-corrected chi connectivity index (χ3v) is 3.85. The Morgan fingerprint density at radius 2 is 1.47 bits per heavy atom. The van der Waals surface area contributed by atoms with Gasteiger partial charge in [0, 0.05) is 6.07 Å². The lowest BCUT2D eigenvalue weighted by molar-refractivity contribution is 0.458. The van der Waals surface area contributed by atoms with Gasteiger partial charge >= 0.3 is 11.4 Å². The van der Waals surface area contributed by atoms with Gasteiger partial charge in [0.2, 0.25) is 0 Å². The van der Waals surface area contributed by atoms with Gasteiger partial charge in [-0.1, -0.05) is 70.9 Å². The number of nitrogens with two attached hydrogens (primary N) is 2. The Kier molecular flexibility index (Phi) is 15.4. The molecule has 176 valence electrons. The van der Waals surface area contributed by atoms with Gasteiger partial charge in [0.15, 0.2) is 0 Å². The molecule has 0 radical (unpaired) electrons. The summed E-state index contributed by atoms with van der Waals surface area (Å²) >= 11 is -2.41. The van der Waals surface area contributed by atoms with Crippen molar-refractivity contribution in [2.75, 3.05) is 12.8 Å². The summed E-state index contributed by atoms with van der Waals surface area (Å²) < 4.78 is 24.4. The molecule has 0 aromatic heterocycles. The van der Waals surface area contributed by atoms with E-state index in [2.05, 4.69) is 43.7 Å². The van der Waals surface area contributed by atoms with Crippen LogP contribution in [0.5, 0.6) is 5.75 Å². The fourth-order valence-corrected chi connectivity index (χ4v) is 2.57. The van der Waals surface area contributed by atoms with E-state index in [1.54, 1.807) is 13.0 Å². The maximum absolute atomic E-state index is 10.8. The largest absolute Gasteiger partial charge is 0.397 e. The molecule has 5 N–H and O–H groups in total. The molecule has 3 aromatic carbocycles. The molecular weight excluding hydrogens is 424 g/mol. The van der Waals surface area contributed by atoms with Crippen LogP contribution in [0.4, 0.5) is 17.1 Å². The lowest BCUT2D eigenvalue weighted by atomic mass is 10.1. The van der Waals surface area contributed by atoms with Gasteiger partial charge in [-0.25, -0.2) is 0 Å². The SMILES string of the molecule is CCC.CCC.CN.Cc1cc(OS(=O)O)cc(N=Nc2ccc3ccccc3c2)c1N. The Labute approximate surface area is 194 Å². The number of hydrogen-bond donors (Lipinski definition) is 3. The van der Waals surface area contributed by atoms with Crippen LogP contribution in [0, 0.1) is 6.92 Å². The number of hydrogen-bond acceptors (Lipinski definition) is 6. The molecule has 0 amide bonds. The standard InChI is InChI=1S/C17H15N3O3S.2C3H8.CH5N/c1-11-8-15(23-24(21)22)10-16(17(11)18)20-19-14-7-6-12-4-2-3-5-13(12)9-14;2*1-3-2;1-2/h2-10H,18H2,1H3,(H,21,22);2*3H2,1-2H3;2H2,1H3. The van der Waals surface area contributed by atoms with Crippen LogP contribution < -0.4 is 15.7 Å². The van der Waals surface area contributed by atoms with E-state index in [1.807, 2.05) is 42.5 Å². The fourth-order valence-electron chi connectivity index (χ4n) is 2.31. The van der Waals surface area contributed by atoms with Crippen molar-refractivity contribution in [3.63, 3.8) is 0 Å². The van der Waals surface area contributed by atoms with E-state index in [0.717, 1.165) is 10.8 Å². The number of rotatable bonds is 4. The van der Waals surface area contributed by atoms with Crippen LogP contribution in [0.3, 0.4) is 0 Å². The van der Waals surface area contributed by atoms with E-state index < -0.39 is 11.4 Å². The van der Waals surface area contributed by atoms with Crippen LogP contribution in [0.15, 0.2) is 64.8 Å². The van der Waals surface area contributed by atoms with Gasteiger partial charge in [-0.3, -0.25) is 4.55 Å². The zero-order chi connectivity index (χ0) is 24.5. The Bertz CT molecular complexity index is 992. The molecule has 0 saturated carbocycles. The Morgan fingerprint density at radius 1 is 0.906 bits per heavy atom. The van der Waals surface area contributed by atoms with Crippen molar-refractivity contribution < 1.29 is 12.9 Å². The number of anilines is 1. The van der Waals surface area contributed by atoms with Crippen molar-refractivity contribution in [2.24, 2.45) is 16.0 Å². The first-order chi connectivity index (χ1) is 15.4. The van der Waals surface area contributed by atoms with Crippen LogP contribution in [0.2, 0.25) is 0 Å². The molecule has 0 spiro atoms. The number of benzene rings is 3. The fraction of sp³-hybridized carbons (Fsp3) is 0.333. The highest BCUT2D eigenvalue weighted by atomic mass is 32.2. The van der Waals surface area contributed by atoms with Gasteiger partial charge in [-0.2, -0.15) is 9.32 Å². The van der Waals surface area contributed by atoms with E-state index in [-0.39, 0.29) is 5.75 Å². The number of azo groups is 1. The third-order valence-electron chi connectivity index (χ3n) is 3.51. The zero-order valence-electron chi connectivity index (χ0n) is 19.8. The minimum atomic E-state index is -2.41. The van der Waals surface area contributed by atoms with Crippen LogP contribution >= 0.6 is 0 Å². The molecule has 0 saturated heterocycles. The topological polar surface area (TPSA) is 123 Å². The van der Waals surface area contributed by atoms with Gasteiger partial charge in [-0.15, -0.1) is 5.11 Å². The van der Waals surface area contributed by atoms with Crippen LogP contribution in [-0.4, -0.2) is 15.8 Å². The molecule has 0 fully saturated rings. The first-order valence-electron chi connectivity index (χ1n) is 10.5. The van der Waals surface area contributed by atoms with E-state index in [9.17, 15) is 4.21 Å². The van der Waals surface area contributed by atoms with Crippen molar-refractivity contribution >= 4 is 39.2 Å². The molecular formula is C24H36N4O3S. The minimum Gasteiger partial charge on any atom is -0.397 e. The second kappa shape index (κ2) is 16.8. The lowest BCUT2D eigenvalue weighted by Gasteiger charge is -2.07. The summed E-state index contributed by atoms with van der Waals surface area (Å²) in [6, 6.07) is 16.7. The van der Waals surface area contributed by atoms with Crippen molar-refractivity contribution in [1.82, 2.24) is 0 Å². The van der Waals surface area contributed by atoms with E-state index in [0.29, 0.717) is 22.6 Å². The monoisotopic (exact) mass is 460 g/mol. The Morgan fingerprint density at radius 3 is 2.03 bits per heavy atom. The summed E-state index contributed by atoms with van der Waals surface area (Å²) in [5.74, 6) is 0.204. The third kappa shape index (κ3) is 10.5. The van der Waals surface area contributed by atoms with Gasteiger partial charge in [0.1, 0.15) is 11.4 Å². The minimum absolute atomic E-state index is 0.204. The molecule has 0 aliphatic rings. The average Bonchev–Trinajstić information content (AvgIpc) is 2.77. The Hall–Kier alpha value is -2.81. The molecule has 7 nitrogen and oxygen atoms in total. The Balaban J connectivity index is 0.00000106. The van der Waals surface area contributed by atoms with E-state index in [4.69, 9.17) is 14.5 Å². The number of nitrogens with zero attached hydrogens (tertiary/aromatic N) is 2. The first-order valence-corrected chi connectivity index (χ1v) is 11.6. The number of aryl methyl sites for hydroxylation is 1. The van der Waals surface area contributed by atoms with Gasteiger partial charge in [0.25, 0.3) is 0 Å². The average molecular weight is 461 g/mol. The molecule has 0 aliphatic heterocycles. The lowest BCUT2D eigenvalue weighted by Crippen LogP contribution is -1.99. The van der Waals surface area contributed by atoms with Crippen LogP contribution in [-0.2, 0) is 11.4 Å². The van der Waals surface area contributed by atoms with Crippen molar-refractivity contribution in [2.45, 2.75) is 47.5 Å². The second-order valence-corrected chi connectivity index (χ2v) is 7.22. The maximum atomic E-state index is 10.8. The predicted molar refractivity (Wildman–Crippen MR) is 137 cm³/mol. The number of fused-ring (bicyclic) bond motifs is 1. The molecule has 32 heavy (non-hydrogen) atoms. The number of nitrogen functional groups attached to an aromatic ring is 1. The molecule has 3 aromatic rings. The quantitative estimate of drug-likeness (QED) is 0.218. The molecule has 0 bridgehead atoms. The molecule has 1 unspecified atom stereocenters. The highest BCUT2D eigenvalue weighted by Crippen LogP contribution is 2.33. The molecule has 0 heterocycles. The molecule has 8 heteroatoms. The summed E-state index contributed by atoms with van der Waals surface area (Å²) in [4.78, 5) is 0. The van der Waals surface area contributed by atoms with Crippen molar-refractivity contribution in [3.05, 3.63) is 60.2 Å². The van der Waals surface area contributed by atoms with Crippen LogP contribution in [0.25, 0.3) is 10.8 Å². The molecule has 1 atom stereocenters. The highest BCUT2D eigenvalue weighted by molar-refractivity contribution is 7.74. The smallest absolute Gasteiger partial charge is 0.357 e. The second-order valence-electron chi connectivity index (χ2n) is 6.62. The summed E-state index contributed by atoms with van der Waals surface area (Å²) in [5, 5.41) is 10.5. The molecule has 3 rings (SSSR count). The summed E-state index contributed by atoms with van der Waals surface area (Å²) in [6.07, 6.45) is 2.50. The van der Waals surface area contributed by atoms with Gasteiger partial charge in [-0.05, 0) is 48.5 Å². The van der Waals surface area contributed by atoms with Gasteiger partial charge in [0.05, 0.1) is 11.4 Å². The summed E-state index contributed by atoms with van der Waals surface area (Å²) in [7, 11) is 1.50. The predicted octanol–water partition coefficient (Wildman–Crippen LogP) is 7.07. The van der Waals surface area contributed by atoms with E-state index in [1.165, 1.54) is 26.0 Å². The molecule has 0 aliphatic carbocycles. The summed E-state index contributed by atoms with van der Waals surface area (Å²) in [5.41, 5.74) is 12.7. The van der Waals surface area contributed by atoms with E-state index >= 15 is 0 Å². The van der Waals surface area contributed by atoms with Crippen molar-refractivity contribution in [1.29, 1.82) is 0 Å². The normalized spacial score (nSPS) is 10.8.